The van der Waals surface area contributed by atoms with E-state index in [1.54, 1.807) is 30.5 Å². The highest BCUT2D eigenvalue weighted by molar-refractivity contribution is 7.99. The van der Waals surface area contributed by atoms with E-state index in [4.69, 9.17) is 9.68 Å². The minimum Gasteiger partial charge on any atom is -0.440 e. The molecule has 1 aromatic heterocycles. The molecule has 0 fully saturated rings. The van der Waals surface area contributed by atoms with Gasteiger partial charge in [0.05, 0.1) is 17.8 Å². The van der Waals surface area contributed by atoms with E-state index in [9.17, 15) is 4.79 Å². The van der Waals surface area contributed by atoms with E-state index < -0.39 is 0 Å². The summed E-state index contributed by atoms with van der Waals surface area (Å²) in [4.78, 5) is 15.7. The van der Waals surface area contributed by atoms with Crippen LogP contribution in [0.3, 0.4) is 0 Å². The molecule has 20 heavy (non-hydrogen) atoms. The quantitative estimate of drug-likeness (QED) is 0.652. The van der Waals surface area contributed by atoms with Crippen LogP contribution in [-0.4, -0.2) is 16.6 Å². The Balaban J connectivity index is 1.71. The van der Waals surface area contributed by atoms with Gasteiger partial charge in [0.15, 0.2) is 0 Å². The van der Waals surface area contributed by atoms with E-state index in [-0.39, 0.29) is 5.91 Å². The highest BCUT2D eigenvalue weighted by Crippen LogP contribution is 2.17. The third-order valence-corrected chi connectivity index (χ3v) is 3.40. The molecule has 1 aromatic carbocycles. The number of carbonyl (C=O) groups excluding carboxylic acids is 1. The second kappa shape index (κ2) is 7.36. The van der Waals surface area contributed by atoms with Crippen LogP contribution in [0.25, 0.3) is 0 Å². The van der Waals surface area contributed by atoms with E-state index in [1.807, 2.05) is 6.07 Å². The summed E-state index contributed by atoms with van der Waals surface area (Å²) in [6.07, 6.45) is 4.27. The van der Waals surface area contributed by atoms with Gasteiger partial charge in [-0.3, -0.25) is 4.79 Å². The highest BCUT2D eigenvalue weighted by atomic mass is 32.2. The Hall–Kier alpha value is -2.26. The van der Waals surface area contributed by atoms with E-state index in [0.717, 1.165) is 12.2 Å². The first kappa shape index (κ1) is 14.2. The largest absolute Gasteiger partial charge is 0.440 e. The van der Waals surface area contributed by atoms with Crippen molar-refractivity contribution in [1.82, 2.24) is 4.98 Å². The molecule has 0 aliphatic carbocycles. The zero-order chi connectivity index (χ0) is 14.2. The first-order valence-electron chi connectivity index (χ1n) is 6.10. The first-order valence-corrected chi connectivity index (χ1v) is 7.09. The lowest BCUT2D eigenvalue weighted by Gasteiger charge is -2.04. The standard InChI is InChI=1S/C14H13N3O2S/c15-10-11-3-1-4-12(9-11)17-13(18)5-2-8-20-14-16-6-7-19-14/h1,3-4,6-7,9H,2,5,8H2,(H,17,18). The molecule has 2 aromatic rings. The Morgan fingerprint density at radius 3 is 3.15 bits per heavy atom. The van der Waals surface area contributed by atoms with Gasteiger partial charge in [-0.2, -0.15) is 5.26 Å². The normalized spacial score (nSPS) is 9.95. The van der Waals surface area contributed by atoms with Crippen LogP contribution in [0.4, 0.5) is 5.69 Å². The fraction of sp³-hybridized carbons (Fsp3) is 0.214. The maximum Gasteiger partial charge on any atom is 0.255 e. The van der Waals surface area contributed by atoms with Crippen molar-refractivity contribution in [2.75, 3.05) is 11.1 Å². The molecule has 0 saturated carbocycles. The Labute approximate surface area is 121 Å². The van der Waals surface area contributed by atoms with Crippen LogP contribution in [0.2, 0.25) is 0 Å². The van der Waals surface area contributed by atoms with Crippen molar-refractivity contribution < 1.29 is 9.21 Å². The topological polar surface area (TPSA) is 78.9 Å². The van der Waals surface area contributed by atoms with Crippen molar-refractivity contribution in [1.29, 1.82) is 5.26 Å². The van der Waals surface area contributed by atoms with Crippen molar-refractivity contribution in [2.24, 2.45) is 0 Å². The molecule has 0 spiro atoms. The molecule has 1 heterocycles. The number of nitriles is 1. The lowest BCUT2D eigenvalue weighted by Crippen LogP contribution is -2.11. The Morgan fingerprint density at radius 1 is 1.50 bits per heavy atom. The highest BCUT2D eigenvalue weighted by Gasteiger charge is 2.04. The van der Waals surface area contributed by atoms with Gasteiger partial charge in [-0.05, 0) is 24.6 Å². The number of aromatic nitrogens is 1. The van der Waals surface area contributed by atoms with Gasteiger partial charge >= 0.3 is 0 Å². The molecule has 1 N–H and O–H groups in total. The summed E-state index contributed by atoms with van der Waals surface area (Å²) in [5, 5.41) is 12.2. The van der Waals surface area contributed by atoms with Crippen LogP contribution in [-0.2, 0) is 4.79 Å². The molecule has 0 aliphatic rings. The number of nitrogens with one attached hydrogen (secondary N) is 1. The average Bonchev–Trinajstić information content (AvgIpc) is 2.97. The van der Waals surface area contributed by atoms with Gasteiger partial charge < -0.3 is 9.73 Å². The molecule has 102 valence electrons. The predicted molar refractivity (Wildman–Crippen MR) is 76.2 cm³/mol. The Bertz CT molecular complexity index is 605. The van der Waals surface area contributed by atoms with Crippen molar-refractivity contribution in [2.45, 2.75) is 18.1 Å². The SMILES string of the molecule is N#Cc1cccc(NC(=O)CCCSc2ncco2)c1. The van der Waals surface area contributed by atoms with Crippen LogP contribution in [0, 0.1) is 11.3 Å². The van der Waals surface area contributed by atoms with Crippen LogP contribution in [0.1, 0.15) is 18.4 Å². The van der Waals surface area contributed by atoms with Crippen molar-refractivity contribution in [3.8, 4) is 6.07 Å². The summed E-state index contributed by atoms with van der Waals surface area (Å²) < 4.78 is 5.08. The summed E-state index contributed by atoms with van der Waals surface area (Å²) in [5.41, 5.74) is 1.18. The number of anilines is 1. The van der Waals surface area contributed by atoms with Gasteiger partial charge in [0.25, 0.3) is 5.22 Å². The number of benzene rings is 1. The second-order valence-electron chi connectivity index (χ2n) is 3.99. The number of rotatable bonds is 6. The molecular weight excluding hydrogens is 274 g/mol. The lowest BCUT2D eigenvalue weighted by atomic mass is 10.2. The van der Waals surface area contributed by atoms with Gasteiger partial charge in [0, 0.05) is 17.9 Å². The molecule has 2 rings (SSSR count). The minimum absolute atomic E-state index is 0.0620. The van der Waals surface area contributed by atoms with Gasteiger partial charge in [-0.25, -0.2) is 4.98 Å². The zero-order valence-electron chi connectivity index (χ0n) is 10.7. The number of carbonyl (C=O) groups is 1. The van der Waals surface area contributed by atoms with Crippen LogP contribution in [0.15, 0.2) is 46.4 Å². The zero-order valence-corrected chi connectivity index (χ0v) is 11.5. The number of hydrogen-bond acceptors (Lipinski definition) is 5. The van der Waals surface area contributed by atoms with Crippen molar-refractivity contribution in [3.63, 3.8) is 0 Å². The van der Waals surface area contributed by atoms with Gasteiger partial charge in [0.2, 0.25) is 5.91 Å². The molecular formula is C14H13N3O2S. The third-order valence-electron chi connectivity index (χ3n) is 2.46. The molecule has 6 heteroatoms. The Kier molecular flexibility index (Phi) is 5.21. The average molecular weight is 287 g/mol. The predicted octanol–water partition coefficient (Wildman–Crippen LogP) is 3.06. The maximum absolute atomic E-state index is 11.7. The van der Waals surface area contributed by atoms with Gasteiger partial charge in [0.1, 0.15) is 6.26 Å². The molecule has 0 saturated heterocycles. The first-order chi connectivity index (χ1) is 9.78. The molecule has 0 bridgehead atoms. The summed E-state index contributed by atoms with van der Waals surface area (Å²) in [7, 11) is 0. The third kappa shape index (κ3) is 4.44. The molecule has 0 radical (unpaired) electrons. The molecule has 0 unspecified atom stereocenters. The van der Waals surface area contributed by atoms with Crippen molar-refractivity contribution >= 4 is 23.4 Å². The maximum atomic E-state index is 11.7. The smallest absolute Gasteiger partial charge is 0.255 e. The fourth-order valence-electron chi connectivity index (χ4n) is 1.56. The van der Waals surface area contributed by atoms with Gasteiger partial charge in [-0.1, -0.05) is 17.8 Å². The minimum atomic E-state index is -0.0620. The second-order valence-corrected chi connectivity index (χ2v) is 5.04. The summed E-state index contributed by atoms with van der Waals surface area (Å²) in [5.74, 6) is 0.708. The summed E-state index contributed by atoms with van der Waals surface area (Å²) in [6.45, 7) is 0. The summed E-state index contributed by atoms with van der Waals surface area (Å²) in [6, 6.07) is 8.89. The summed E-state index contributed by atoms with van der Waals surface area (Å²) >= 11 is 1.48. The van der Waals surface area contributed by atoms with E-state index in [1.165, 1.54) is 18.0 Å². The number of nitrogens with zero attached hydrogens (tertiary/aromatic N) is 2. The number of amides is 1. The molecule has 0 atom stereocenters. The van der Waals surface area contributed by atoms with Crippen molar-refractivity contribution in [3.05, 3.63) is 42.3 Å². The fourth-order valence-corrected chi connectivity index (χ4v) is 2.29. The number of oxazole rings is 1. The Morgan fingerprint density at radius 2 is 2.40 bits per heavy atom. The number of thioether (sulfide) groups is 1. The van der Waals surface area contributed by atoms with E-state index in [2.05, 4.69) is 10.3 Å². The molecule has 5 nitrogen and oxygen atoms in total. The van der Waals surface area contributed by atoms with E-state index in [0.29, 0.717) is 22.9 Å². The monoisotopic (exact) mass is 287 g/mol. The van der Waals surface area contributed by atoms with Gasteiger partial charge in [-0.15, -0.1) is 0 Å². The molecule has 0 aliphatic heterocycles. The number of hydrogen-bond donors (Lipinski definition) is 1. The van der Waals surface area contributed by atoms with Crippen LogP contribution in [0.5, 0.6) is 0 Å². The molecule has 1 amide bonds. The van der Waals surface area contributed by atoms with E-state index >= 15 is 0 Å². The van der Waals surface area contributed by atoms with Crippen LogP contribution >= 0.6 is 11.8 Å². The lowest BCUT2D eigenvalue weighted by molar-refractivity contribution is -0.116. The van der Waals surface area contributed by atoms with Crippen LogP contribution < -0.4 is 5.32 Å².